The van der Waals surface area contributed by atoms with Gasteiger partial charge < -0.3 is 30.0 Å². The summed E-state index contributed by atoms with van der Waals surface area (Å²) < 4.78 is 34.4. The van der Waals surface area contributed by atoms with Gasteiger partial charge in [-0.25, -0.2) is 13.2 Å². The van der Waals surface area contributed by atoms with Crippen LogP contribution in [0.15, 0.2) is 82.5 Å². The van der Waals surface area contributed by atoms with Crippen molar-refractivity contribution in [3.8, 4) is 5.75 Å². The highest BCUT2D eigenvalue weighted by atomic mass is 32.2. The van der Waals surface area contributed by atoms with Gasteiger partial charge in [0.1, 0.15) is 24.0 Å². The highest BCUT2D eigenvalue weighted by molar-refractivity contribution is 7.89. The number of benzene rings is 3. The molecule has 0 saturated carbocycles. The number of H-pyrrole nitrogens is 2. The molecule has 230 valence electrons. The van der Waals surface area contributed by atoms with Crippen molar-refractivity contribution in [2.45, 2.75) is 56.2 Å². The maximum absolute atomic E-state index is 13.5. The number of aliphatic hydroxyl groups excluding tert-OH is 1. The fourth-order valence-corrected chi connectivity index (χ4v) is 6.89. The summed E-state index contributed by atoms with van der Waals surface area (Å²) in [5.74, 6) is 0.520. The number of aliphatic hydroxyl groups is 1. The van der Waals surface area contributed by atoms with E-state index >= 15 is 0 Å². The number of ether oxygens (including phenoxy) is 1. The van der Waals surface area contributed by atoms with Crippen LogP contribution >= 0.6 is 0 Å². The second-order valence-corrected chi connectivity index (χ2v) is 13.0. The fraction of sp³-hybridized carbons (Fsp3) is 0.406. The van der Waals surface area contributed by atoms with Gasteiger partial charge in [-0.1, -0.05) is 49.7 Å². The highest BCUT2D eigenvalue weighted by Gasteiger charge is 2.25. The lowest BCUT2D eigenvalue weighted by molar-refractivity contribution is 0.103. The third kappa shape index (κ3) is 7.85. The minimum absolute atomic E-state index is 0.106. The molecule has 1 aromatic heterocycles. The first kappa shape index (κ1) is 30.8. The average molecular weight is 608 g/mol. The number of hydrogen-bond acceptors (Lipinski definition) is 7. The van der Waals surface area contributed by atoms with Crippen LogP contribution in [-0.4, -0.2) is 72.7 Å². The Labute approximate surface area is 252 Å². The third-order valence-electron chi connectivity index (χ3n) is 7.88. The number of sulfonamides is 1. The predicted molar refractivity (Wildman–Crippen MR) is 169 cm³/mol. The van der Waals surface area contributed by atoms with E-state index in [0.717, 1.165) is 50.0 Å². The van der Waals surface area contributed by atoms with E-state index in [4.69, 9.17) is 4.74 Å². The zero-order chi connectivity index (χ0) is 30.2. The lowest BCUT2D eigenvalue weighted by Crippen LogP contribution is -2.45. The molecular weight excluding hydrogens is 566 g/mol. The van der Waals surface area contributed by atoms with Crippen LogP contribution in [-0.2, 0) is 16.6 Å². The van der Waals surface area contributed by atoms with Crippen molar-refractivity contribution in [2.24, 2.45) is 0 Å². The van der Waals surface area contributed by atoms with Crippen molar-refractivity contribution in [2.75, 3.05) is 37.7 Å². The topological polar surface area (TPSA) is 131 Å². The number of aromatic amines is 2. The Balaban J connectivity index is 1.10. The standard InChI is InChI=1S/C32H41N5O5S/c1-2-3-18-37(22-24-8-5-4-6-9-24)43(40,41)28-14-12-26(13-15-28)36-19-16-25(17-20-36)33-21-27(38)23-42-30-11-7-10-29-31(30)35-32(39)34-29/h4-15,25,27,33,38H,2-3,16-23H2,1H3,(H2,34,35,39)/t27-/m0/s1. The van der Waals surface area contributed by atoms with E-state index in [1.807, 2.05) is 42.5 Å². The third-order valence-corrected chi connectivity index (χ3v) is 9.74. The maximum Gasteiger partial charge on any atom is 0.323 e. The molecule has 4 N–H and O–H groups in total. The van der Waals surface area contributed by atoms with Crippen molar-refractivity contribution < 1.29 is 18.3 Å². The summed E-state index contributed by atoms with van der Waals surface area (Å²) in [4.78, 5) is 19.6. The van der Waals surface area contributed by atoms with Crippen molar-refractivity contribution >= 4 is 26.7 Å². The van der Waals surface area contributed by atoms with Crippen LogP contribution in [0.1, 0.15) is 38.2 Å². The van der Waals surface area contributed by atoms with Gasteiger partial charge in [-0.15, -0.1) is 0 Å². The number of nitrogens with one attached hydrogen (secondary N) is 3. The molecule has 43 heavy (non-hydrogen) atoms. The van der Waals surface area contributed by atoms with E-state index in [9.17, 15) is 18.3 Å². The van der Waals surface area contributed by atoms with E-state index < -0.39 is 16.1 Å². The van der Waals surface area contributed by atoms with E-state index in [1.165, 1.54) is 0 Å². The molecule has 5 rings (SSSR count). The number of hydrogen-bond donors (Lipinski definition) is 4. The van der Waals surface area contributed by atoms with Gasteiger partial charge in [0, 0.05) is 44.5 Å². The number of piperidine rings is 1. The molecule has 0 aliphatic carbocycles. The molecule has 0 bridgehead atoms. The molecule has 11 heteroatoms. The maximum atomic E-state index is 13.5. The monoisotopic (exact) mass is 607 g/mol. The molecule has 10 nitrogen and oxygen atoms in total. The van der Waals surface area contributed by atoms with Gasteiger partial charge in [-0.05, 0) is 61.2 Å². The Morgan fingerprint density at radius 1 is 1.02 bits per heavy atom. The Kier molecular flexibility index (Phi) is 10.2. The predicted octanol–water partition coefficient (Wildman–Crippen LogP) is 3.85. The number of nitrogens with zero attached hydrogens (tertiary/aromatic N) is 2. The molecule has 0 spiro atoms. The number of para-hydroxylation sites is 1. The molecule has 0 radical (unpaired) electrons. The van der Waals surface area contributed by atoms with Gasteiger partial charge in [-0.3, -0.25) is 0 Å². The first-order chi connectivity index (χ1) is 20.8. The molecular formula is C32H41N5O5S. The van der Waals surface area contributed by atoms with Crippen molar-refractivity contribution in [1.82, 2.24) is 19.6 Å². The van der Waals surface area contributed by atoms with E-state index in [-0.39, 0.29) is 18.3 Å². The molecule has 2 heterocycles. The quantitative estimate of drug-likeness (QED) is 0.171. The summed E-state index contributed by atoms with van der Waals surface area (Å²) in [5, 5.41) is 13.9. The number of anilines is 1. The van der Waals surface area contributed by atoms with E-state index in [1.54, 1.807) is 34.6 Å². The molecule has 1 atom stereocenters. The van der Waals surface area contributed by atoms with Gasteiger partial charge in [-0.2, -0.15) is 4.31 Å². The average Bonchev–Trinajstić information content (AvgIpc) is 3.42. The lowest BCUT2D eigenvalue weighted by Gasteiger charge is -2.34. The van der Waals surface area contributed by atoms with Crippen LogP contribution in [0, 0.1) is 0 Å². The van der Waals surface area contributed by atoms with Crippen molar-refractivity contribution in [3.63, 3.8) is 0 Å². The molecule has 1 aliphatic rings. The van der Waals surface area contributed by atoms with Gasteiger partial charge in [0.2, 0.25) is 10.0 Å². The van der Waals surface area contributed by atoms with Crippen molar-refractivity contribution in [3.05, 3.63) is 88.8 Å². The largest absolute Gasteiger partial charge is 0.489 e. The molecule has 0 unspecified atom stereocenters. The normalized spacial score (nSPS) is 15.3. The first-order valence-corrected chi connectivity index (χ1v) is 16.4. The molecule has 4 aromatic rings. The number of aromatic nitrogens is 2. The van der Waals surface area contributed by atoms with Crippen LogP contribution in [0.4, 0.5) is 5.69 Å². The number of unbranched alkanes of at least 4 members (excludes halogenated alkanes) is 1. The fourth-order valence-electron chi connectivity index (χ4n) is 5.42. The Morgan fingerprint density at radius 2 is 1.77 bits per heavy atom. The second-order valence-electron chi connectivity index (χ2n) is 11.1. The van der Waals surface area contributed by atoms with Gasteiger partial charge in [0.05, 0.1) is 10.4 Å². The lowest BCUT2D eigenvalue weighted by atomic mass is 10.0. The van der Waals surface area contributed by atoms with Crippen LogP contribution in [0.2, 0.25) is 0 Å². The summed E-state index contributed by atoms with van der Waals surface area (Å²) in [6.07, 6.45) is 2.83. The molecule has 3 aromatic carbocycles. The Hall–Kier alpha value is -3.64. The number of rotatable bonds is 14. The van der Waals surface area contributed by atoms with Crippen LogP contribution in [0.25, 0.3) is 11.0 Å². The zero-order valence-electron chi connectivity index (χ0n) is 24.5. The van der Waals surface area contributed by atoms with Gasteiger partial charge in [0.15, 0.2) is 0 Å². The van der Waals surface area contributed by atoms with E-state index in [0.29, 0.717) is 41.3 Å². The highest BCUT2D eigenvalue weighted by Crippen LogP contribution is 2.25. The van der Waals surface area contributed by atoms with Gasteiger partial charge in [0.25, 0.3) is 0 Å². The zero-order valence-corrected chi connectivity index (χ0v) is 25.4. The van der Waals surface area contributed by atoms with Gasteiger partial charge >= 0.3 is 5.69 Å². The van der Waals surface area contributed by atoms with Crippen molar-refractivity contribution in [1.29, 1.82) is 0 Å². The van der Waals surface area contributed by atoms with Crippen LogP contribution in [0.5, 0.6) is 5.75 Å². The number of fused-ring (bicyclic) bond motifs is 1. The Bertz CT molecular complexity index is 1610. The Morgan fingerprint density at radius 3 is 2.49 bits per heavy atom. The summed E-state index contributed by atoms with van der Waals surface area (Å²) in [5.41, 5.74) is 2.93. The van der Waals surface area contributed by atoms with E-state index in [2.05, 4.69) is 27.1 Å². The summed E-state index contributed by atoms with van der Waals surface area (Å²) in [7, 11) is -3.62. The van der Waals surface area contributed by atoms with Crippen LogP contribution in [0.3, 0.4) is 0 Å². The second kappa shape index (κ2) is 14.2. The van der Waals surface area contributed by atoms with Crippen LogP contribution < -0.4 is 20.6 Å². The summed E-state index contributed by atoms with van der Waals surface area (Å²) >= 11 is 0. The minimum atomic E-state index is -3.62. The first-order valence-electron chi connectivity index (χ1n) is 15.0. The molecule has 1 saturated heterocycles. The molecule has 0 amide bonds. The smallest absolute Gasteiger partial charge is 0.323 e. The number of imidazole rings is 1. The molecule has 1 aliphatic heterocycles. The molecule has 1 fully saturated rings. The summed E-state index contributed by atoms with van der Waals surface area (Å²) in [6, 6.07) is 22.6. The minimum Gasteiger partial charge on any atom is -0.489 e. The summed E-state index contributed by atoms with van der Waals surface area (Å²) in [6.45, 7) is 5.07. The SMILES string of the molecule is CCCCN(Cc1ccccc1)S(=O)(=O)c1ccc(N2CCC(NC[C@H](O)COc3cccc4[nH]c(=O)[nH]c34)CC2)cc1.